The molecule has 0 aliphatic heterocycles. The van der Waals surface area contributed by atoms with Crippen LogP contribution in [-0.4, -0.2) is 27.3 Å². The van der Waals surface area contributed by atoms with Crippen LogP contribution in [0.3, 0.4) is 0 Å². The number of aromatic nitrogens is 3. The number of hydrogen-bond acceptors (Lipinski definition) is 4. The lowest BCUT2D eigenvalue weighted by Crippen LogP contribution is -2.36. The van der Waals surface area contributed by atoms with Crippen molar-refractivity contribution in [2.24, 2.45) is 4.99 Å². The first kappa shape index (κ1) is 20.4. The van der Waals surface area contributed by atoms with E-state index in [-0.39, 0.29) is 0 Å². The van der Waals surface area contributed by atoms with E-state index in [4.69, 9.17) is 9.41 Å². The number of guanidine groups is 1. The molecular weight excluding hydrogens is 388 g/mol. The van der Waals surface area contributed by atoms with Crippen LogP contribution >= 0.6 is 0 Å². The number of nitrogens with one attached hydrogen (secondary N) is 2. The average Bonchev–Trinajstić information content (AvgIpc) is 3.49. The van der Waals surface area contributed by atoms with Crippen LogP contribution in [0.1, 0.15) is 23.7 Å². The van der Waals surface area contributed by atoms with Crippen molar-refractivity contribution in [1.29, 1.82) is 0 Å². The predicted molar refractivity (Wildman–Crippen MR) is 122 cm³/mol. The highest BCUT2D eigenvalue weighted by Gasteiger charge is 2.07. The number of oxazole rings is 1. The Balaban J connectivity index is 1.40. The first-order valence-electron chi connectivity index (χ1n) is 10.3. The summed E-state index contributed by atoms with van der Waals surface area (Å²) in [5.41, 5.74) is 5.12. The van der Waals surface area contributed by atoms with Crippen LogP contribution in [0.15, 0.2) is 82.7 Å². The van der Waals surface area contributed by atoms with Crippen LogP contribution in [-0.2, 0) is 13.1 Å². The summed E-state index contributed by atoms with van der Waals surface area (Å²) in [5, 5.41) is 10.9. The zero-order chi connectivity index (χ0) is 21.5. The SMILES string of the molecule is CCNC(=NCc1cccc(-n2cccn2)c1)NCc1coc(-c2ccc(C)cc2)n1. The van der Waals surface area contributed by atoms with Gasteiger partial charge in [0.2, 0.25) is 5.89 Å². The maximum Gasteiger partial charge on any atom is 0.226 e. The Bertz CT molecular complexity index is 1130. The molecule has 0 saturated carbocycles. The highest BCUT2D eigenvalue weighted by molar-refractivity contribution is 5.79. The fourth-order valence-corrected chi connectivity index (χ4v) is 3.12. The molecule has 0 radical (unpaired) electrons. The molecule has 2 aromatic carbocycles. The standard InChI is InChI=1S/C24H26N6O/c1-3-25-24(26-15-19-6-4-7-22(14-19)30-13-5-12-28-30)27-16-21-17-31-23(29-21)20-10-8-18(2)9-11-20/h4-14,17H,3,15-16H2,1-2H3,(H2,25,26,27). The molecule has 2 heterocycles. The second-order valence-electron chi connectivity index (χ2n) is 7.18. The van der Waals surface area contributed by atoms with Crippen molar-refractivity contribution >= 4 is 5.96 Å². The van der Waals surface area contributed by atoms with Crippen LogP contribution in [0.25, 0.3) is 17.1 Å². The molecular formula is C24H26N6O. The highest BCUT2D eigenvalue weighted by Crippen LogP contribution is 2.19. The van der Waals surface area contributed by atoms with Crippen molar-refractivity contribution < 1.29 is 4.42 Å². The van der Waals surface area contributed by atoms with Gasteiger partial charge in [-0.25, -0.2) is 14.7 Å². The molecule has 2 N–H and O–H groups in total. The number of benzene rings is 2. The van der Waals surface area contributed by atoms with Crippen LogP contribution in [0.4, 0.5) is 0 Å². The molecule has 2 aromatic heterocycles. The third-order valence-electron chi connectivity index (χ3n) is 4.73. The maximum absolute atomic E-state index is 5.64. The predicted octanol–water partition coefficient (Wildman–Crippen LogP) is 4.09. The molecule has 0 amide bonds. The minimum atomic E-state index is 0.522. The van der Waals surface area contributed by atoms with Gasteiger partial charge in [-0.05, 0) is 49.7 Å². The lowest BCUT2D eigenvalue weighted by atomic mass is 10.1. The third-order valence-corrected chi connectivity index (χ3v) is 4.73. The van der Waals surface area contributed by atoms with E-state index < -0.39 is 0 Å². The number of hydrogen-bond donors (Lipinski definition) is 2. The first-order chi connectivity index (χ1) is 15.2. The quantitative estimate of drug-likeness (QED) is 0.352. The van der Waals surface area contributed by atoms with E-state index in [0.29, 0.717) is 19.0 Å². The molecule has 31 heavy (non-hydrogen) atoms. The summed E-state index contributed by atoms with van der Waals surface area (Å²) in [7, 11) is 0. The molecule has 0 saturated heterocycles. The van der Waals surface area contributed by atoms with E-state index in [0.717, 1.165) is 35.0 Å². The summed E-state index contributed by atoms with van der Waals surface area (Å²) >= 11 is 0. The van der Waals surface area contributed by atoms with Crippen LogP contribution in [0.2, 0.25) is 0 Å². The number of nitrogens with zero attached hydrogens (tertiary/aromatic N) is 4. The Morgan fingerprint density at radius 1 is 1.10 bits per heavy atom. The third kappa shape index (κ3) is 5.39. The van der Waals surface area contributed by atoms with E-state index in [1.807, 2.05) is 48.1 Å². The maximum atomic E-state index is 5.64. The van der Waals surface area contributed by atoms with Gasteiger partial charge < -0.3 is 15.1 Å². The molecule has 0 aliphatic carbocycles. The van der Waals surface area contributed by atoms with E-state index in [1.54, 1.807) is 12.5 Å². The molecule has 7 heteroatoms. The molecule has 158 valence electrons. The lowest BCUT2D eigenvalue weighted by molar-refractivity contribution is 0.572. The largest absolute Gasteiger partial charge is 0.444 e. The Kier molecular flexibility index (Phi) is 6.42. The fourth-order valence-electron chi connectivity index (χ4n) is 3.12. The van der Waals surface area contributed by atoms with Gasteiger partial charge in [-0.3, -0.25) is 0 Å². The molecule has 7 nitrogen and oxygen atoms in total. The Morgan fingerprint density at radius 2 is 1.97 bits per heavy atom. The lowest BCUT2D eigenvalue weighted by Gasteiger charge is -2.10. The van der Waals surface area contributed by atoms with Gasteiger partial charge in [0, 0.05) is 24.5 Å². The molecule has 0 unspecified atom stereocenters. The van der Waals surface area contributed by atoms with Crippen LogP contribution in [0.5, 0.6) is 0 Å². The molecule has 4 rings (SSSR count). The molecule has 0 aliphatic rings. The fraction of sp³-hybridized carbons (Fsp3) is 0.208. The van der Waals surface area contributed by atoms with Crippen molar-refractivity contribution in [3.05, 3.63) is 90.1 Å². The normalized spacial score (nSPS) is 11.5. The number of aliphatic imine (C=N–C) groups is 1. The smallest absolute Gasteiger partial charge is 0.226 e. The highest BCUT2D eigenvalue weighted by atomic mass is 16.3. The second-order valence-corrected chi connectivity index (χ2v) is 7.18. The number of aryl methyl sites for hydroxylation is 1. The summed E-state index contributed by atoms with van der Waals surface area (Å²) in [5.74, 6) is 1.35. The van der Waals surface area contributed by atoms with Crippen LogP contribution < -0.4 is 10.6 Å². The van der Waals surface area contributed by atoms with Crippen molar-refractivity contribution in [1.82, 2.24) is 25.4 Å². The van der Waals surface area contributed by atoms with Crippen molar-refractivity contribution in [3.8, 4) is 17.1 Å². The zero-order valence-electron chi connectivity index (χ0n) is 17.7. The Morgan fingerprint density at radius 3 is 2.74 bits per heavy atom. The van der Waals surface area contributed by atoms with E-state index in [1.165, 1.54) is 5.56 Å². The van der Waals surface area contributed by atoms with Gasteiger partial charge in [-0.1, -0.05) is 29.8 Å². The Hall–Kier alpha value is -3.87. The van der Waals surface area contributed by atoms with E-state index >= 15 is 0 Å². The van der Waals surface area contributed by atoms with Gasteiger partial charge in [-0.15, -0.1) is 0 Å². The summed E-state index contributed by atoms with van der Waals surface area (Å²) in [6.45, 7) is 5.95. The second kappa shape index (κ2) is 9.75. The zero-order valence-corrected chi connectivity index (χ0v) is 17.7. The Labute approximate surface area is 181 Å². The topological polar surface area (TPSA) is 80.3 Å². The minimum Gasteiger partial charge on any atom is -0.444 e. The monoisotopic (exact) mass is 414 g/mol. The van der Waals surface area contributed by atoms with Crippen molar-refractivity contribution in [3.63, 3.8) is 0 Å². The molecule has 0 atom stereocenters. The van der Waals surface area contributed by atoms with Gasteiger partial charge in [0.25, 0.3) is 0 Å². The first-order valence-corrected chi connectivity index (χ1v) is 10.3. The minimum absolute atomic E-state index is 0.522. The number of rotatable bonds is 7. The van der Waals surface area contributed by atoms with Gasteiger partial charge >= 0.3 is 0 Å². The molecule has 0 spiro atoms. The van der Waals surface area contributed by atoms with Gasteiger partial charge in [-0.2, -0.15) is 5.10 Å². The van der Waals surface area contributed by atoms with Crippen LogP contribution in [0, 0.1) is 6.92 Å². The summed E-state index contributed by atoms with van der Waals surface area (Å²) in [4.78, 5) is 9.28. The van der Waals surface area contributed by atoms with Crippen molar-refractivity contribution in [2.75, 3.05) is 6.54 Å². The molecule has 4 aromatic rings. The van der Waals surface area contributed by atoms with Crippen molar-refractivity contribution in [2.45, 2.75) is 26.9 Å². The summed E-state index contributed by atoms with van der Waals surface area (Å²) in [6.07, 6.45) is 5.38. The summed E-state index contributed by atoms with van der Waals surface area (Å²) < 4.78 is 7.48. The average molecular weight is 415 g/mol. The van der Waals surface area contributed by atoms with Gasteiger partial charge in [0.15, 0.2) is 5.96 Å². The van der Waals surface area contributed by atoms with Gasteiger partial charge in [0.1, 0.15) is 6.26 Å². The van der Waals surface area contributed by atoms with Gasteiger partial charge in [0.05, 0.1) is 24.5 Å². The van der Waals surface area contributed by atoms with E-state index in [2.05, 4.69) is 51.9 Å². The molecule has 0 bridgehead atoms. The van der Waals surface area contributed by atoms with E-state index in [9.17, 15) is 0 Å². The summed E-state index contributed by atoms with van der Waals surface area (Å²) in [6, 6.07) is 18.2. The molecule has 0 fully saturated rings.